The van der Waals surface area contributed by atoms with Gasteiger partial charge in [0.1, 0.15) is 35.6 Å². The lowest BCUT2D eigenvalue weighted by atomic mass is 9.89. The summed E-state index contributed by atoms with van der Waals surface area (Å²) < 4.78 is 60.0. The molecular weight excluding hydrogens is 583 g/mol. The summed E-state index contributed by atoms with van der Waals surface area (Å²) in [6, 6.07) is 3.31. The smallest absolute Gasteiger partial charge is 0.416 e. The van der Waals surface area contributed by atoms with E-state index in [9.17, 15) is 18.0 Å². The van der Waals surface area contributed by atoms with Crippen LogP contribution in [0.25, 0.3) is 22.3 Å². The summed E-state index contributed by atoms with van der Waals surface area (Å²) in [6.07, 6.45) is 8.72. The predicted octanol–water partition coefficient (Wildman–Crippen LogP) is 9.92. The van der Waals surface area contributed by atoms with Crippen LogP contribution in [0.15, 0.2) is 24.5 Å². The molecule has 0 amide bonds. The van der Waals surface area contributed by atoms with Gasteiger partial charge < -0.3 is 18.8 Å². The van der Waals surface area contributed by atoms with Crippen molar-refractivity contribution in [1.82, 2.24) is 14.5 Å². The van der Waals surface area contributed by atoms with E-state index < -0.39 is 17.7 Å². The molecule has 0 unspecified atom stereocenters. The number of rotatable bonds is 18. The van der Waals surface area contributed by atoms with Crippen LogP contribution in [0.4, 0.5) is 13.2 Å². The van der Waals surface area contributed by atoms with E-state index in [1.54, 1.807) is 25.3 Å². The first-order valence-corrected chi connectivity index (χ1v) is 16.3. The topological polar surface area (TPSA) is 75.5 Å². The maximum Gasteiger partial charge on any atom is 0.416 e. The fourth-order valence-corrected chi connectivity index (χ4v) is 5.52. The van der Waals surface area contributed by atoms with Crippen molar-refractivity contribution in [3.63, 3.8) is 0 Å². The molecule has 2 aromatic heterocycles. The second kappa shape index (κ2) is 17.0. The first-order chi connectivity index (χ1) is 21.4. The number of halogens is 3. The Kier molecular flexibility index (Phi) is 13.7. The molecule has 0 bridgehead atoms. The summed E-state index contributed by atoms with van der Waals surface area (Å²) in [7, 11) is 0. The minimum Gasteiger partial charge on any atom is -0.493 e. The molecule has 0 atom stereocenters. The van der Waals surface area contributed by atoms with Crippen LogP contribution < -0.4 is 4.74 Å². The van der Waals surface area contributed by atoms with Crippen LogP contribution in [-0.4, -0.2) is 40.3 Å². The lowest BCUT2D eigenvalue weighted by Crippen LogP contribution is -2.10. The highest BCUT2D eigenvalue weighted by atomic mass is 19.4. The molecule has 0 aliphatic carbocycles. The number of ether oxygens (including phenoxy) is 3. The molecule has 2 heterocycles. The molecule has 7 nitrogen and oxygen atoms in total. The molecule has 0 aliphatic heterocycles. The number of hydrogen-bond acceptors (Lipinski definition) is 6. The summed E-state index contributed by atoms with van der Waals surface area (Å²) in [4.78, 5) is 21.8. The first kappa shape index (κ1) is 36.3. The van der Waals surface area contributed by atoms with E-state index in [0.717, 1.165) is 31.4 Å². The van der Waals surface area contributed by atoms with Crippen LogP contribution in [0.3, 0.4) is 0 Å². The molecule has 0 N–H and O–H groups in total. The van der Waals surface area contributed by atoms with E-state index >= 15 is 0 Å². The lowest BCUT2D eigenvalue weighted by Gasteiger charge is -2.17. The third-order valence-electron chi connectivity index (χ3n) is 7.87. The molecule has 0 fully saturated rings. The highest BCUT2D eigenvalue weighted by Crippen LogP contribution is 2.40. The van der Waals surface area contributed by atoms with Crippen molar-refractivity contribution in [3.8, 4) is 17.0 Å². The monoisotopic (exact) mass is 633 g/mol. The van der Waals surface area contributed by atoms with E-state index in [1.165, 1.54) is 57.3 Å². The Morgan fingerprint density at radius 3 is 2.13 bits per heavy atom. The van der Waals surface area contributed by atoms with E-state index in [0.29, 0.717) is 23.2 Å². The largest absolute Gasteiger partial charge is 0.493 e. The average molecular weight is 634 g/mol. The van der Waals surface area contributed by atoms with Gasteiger partial charge in [0.05, 0.1) is 24.3 Å². The number of nitrogens with zero attached hydrogens (tertiary/aromatic N) is 3. The molecule has 0 saturated carbocycles. The Bertz CT molecular complexity index is 1380. The van der Waals surface area contributed by atoms with Gasteiger partial charge in [-0.15, -0.1) is 0 Å². The van der Waals surface area contributed by atoms with E-state index in [4.69, 9.17) is 14.2 Å². The number of esters is 1. The number of unbranched alkanes of at least 4 members (excludes halogenated alkanes) is 8. The van der Waals surface area contributed by atoms with Crippen molar-refractivity contribution in [2.75, 3.05) is 19.8 Å². The standard InChI is InChI=1S/C35H50F3N3O4/c1-7-44-28-19-18-26(35(36,37)38)22-27(28)30-32-31(40-23-39-30)29(33(42)45-8-2)25(3)41(32)24-43-21-17-15-13-11-9-10-12-14-16-20-34(4,5)6/h18-19,22-23H,7-17,20-21,24H2,1-6H3. The van der Waals surface area contributed by atoms with Crippen molar-refractivity contribution in [2.45, 2.75) is 119 Å². The van der Waals surface area contributed by atoms with Gasteiger partial charge in [0, 0.05) is 17.9 Å². The molecule has 250 valence electrons. The molecule has 3 rings (SSSR count). The Hall–Kier alpha value is -3.14. The fourth-order valence-electron chi connectivity index (χ4n) is 5.52. The molecule has 0 saturated heterocycles. The Labute approximate surface area is 265 Å². The highest BCUT2D eigenvalue weighted by molar-refractivity contribution is 6.07. The quantitative estimate of drug-likeness (QED) is 0.103. The van der Waals surface area contributed by atoms with Crippen molar-refractivity contribution >= 4 is 17.0 Å². The van der Waals surface area contributed by atoms with Gasteiger partial charge in [0.15, 0.2) is 0 Å². The third-order valence-corrected chi connectivity index (χ3v) is 7.87. The minimum absolute atomic E-state index is 0.0829. The van der Waals surface area contributed by atoms with Crippen LogP contribution in [0.1, 0.15) is 120 Å². The maximum atomic E-state index is 13.7. The van der Waals surface area contributed by atoms with Crippen molar-refractivity contribution in [2.24, 2.45) is 5.41 Å². The zero-order chi connectivity index (χ0) is 33.0. The zero-order valence-corrected chi connectivity index (χ0v) is 27.8. The SMILES string of the molecule is CCOC(=O)c1c(C)n(COCCCCCCCCCCCC(C)(C)C)c2c(-c3cc(C(F)(F)F)ccc3OCC)ncnc12. The normalized spacial score (nSPS) is 12.2. The second-order valence-corrected chi connectivity index (χ2v) is 12.7. The summed E-state index contributed by atoms with van der Waals surface area (Å²) in [5, 5.41) is 0. The van der Waals surface area contributed by atoms with Crippen LogP contribution in [0.2, 0.25) is 0 Å². The van der Waals surface area contributed by atoms with Gasteiger partial charge >= 0.3 is 12.1 Å². The summed E-state index contributed by atoms with van der Waals surface area (Å²) in [5.41, 5.74) is 1.42. The van der Waals surface area contributed by atoms with Gasteiger partial charge in [-0.2, -0.15) is 13.2 Å². The number of aromatic nitrogens is 3. The van der Waals surface area contributed by atoms with Crippen LogP contribution in [-0.2, 0) is 22.4 Å². The Morgan fingerprint density at radius 1 is 0.889 bits per heavy atom. The molecule has 1 aromatic carbocycles. The molecule has 3 aromatic rings. The van der Waals surface area contributed by atoms with Crippen LogP contribution >= 0.6 is 0 Å². The van der Waals surface area contributed by atoms with Crippen molar-refractivity contribution in [1.29, 1.82) is 0 Å². The minimum atomic E-state index is -4.56. The maximum absolute atomic E-state index is 13.7. The third kappa shape index (κ3) is 10.4. The molecule has 10 heteroatoms. The number of carbonyl (C=O) groups excluding carboxylic acids is 1. The van der Waals surface area contributed by atoms with E-state index in [2.05, 4.69) is 30.7 Å². The van der Waals surface area contributed by atoms with Crippen molar-refractivity contribution < 1.29 is 32.2 Å². The zero-order valence-electron chi connectivity index (χ0n) is 27.8. The number of hydrogen-bond donors (Lipinski definition) is 0. The fraction of sp³-hybridized carbons (Fsp3) is 0.629. The van der Waals surface area contributed by atoms with Gasteiger partial charge in [0.2, 0.25) is 0 Å². The van der Waals surface area contributed by atoms with Gasteiger partial charge in [-0.05, 0) is 57.2 Å². The van der Waals surface area contributed by atoms with E-state index in [-0.39, 0.29) is 48.0 Å². The summed E-state index contributed by atoms with van der Waals surface area (Å²) in [5.74, 6) is -0.314. The van der Waals surface area contributed by atoms with Crippen LogP contribution in [0.5, 0.6) is 5.75 Å². The molecule has 45 heavy (non-hydrogen) atoms. The number of carbonyl (C=O) groups is 1. The first-order valence-electron chi connectivity index (χ1n) is 16.3. The summed E-state index contributed by atoms with van der Waals surface area (Å²) in [6.45, 7) is 13.1. The predicted molar refractivity (Wildman–Crippen MR) is 171 cm³/mol. The second-order valence-electron chi connectivity index (χ2n) is 12.7. The Balaban J connectivity index is 1.72. The van der Waals surface area contributed by atoms with Gasteiger partial charge in [-0.1, -0.05) is 72.1 Å². The number of fused-ring (bicyclic) bond motifs is 1. The molecular formula is C35H50F3N3O4. The van der Waals surface area contributed by atoms with Gasteiger partial charge in [-0.3, -0.25) is 0 Å². The lowest BCUT2D eigenvalue weighted by molar-refractivity contribution is -0.137. The summed E-state index contributed by atoms with van der Waals surface area (Å²) >= 11 is 0. The van der Waals surface area contributed by atoms with Gasteiger partial charge in [-0.25, -0.2) is 14.8 Å². The molecule has 0 radical (unpaired) electrons. The van der Waals surface area contributed by atoms with Crippen LogP contribution in [0, 0.1) is 12.3 Å². The van der Waals surface area contributed by atoms with Gasteiger partial charge in [0.25, 0.3) is 0 Å². The van der Waals surface area contributed by atoms with E-state index in [1.807, 2.05) is 0 Å². The molecule has 0 aliphatic rings. The average Bonchev–Trinajstić information content (AvgIpc) is 3.26. The Morgan fingerprint density at radius 2 is 1.53 bits per heavy atom. The highest BCUT2D eigenvalue weighted by Gasteiger charge is 2.33. The molecule has 0 spiro atoms. The number of alkyl halides is 3. The number of benzene rings is 1. The van der Waals surface area contributed by atoms with Crippen molar-refractivity contribution in [3.05, 3.63) is 41.3 Å².